The molecule has 0 rings (SSSR count). The van der Waals surface area contributed by atoms with Crippen LogP contribution < -0.4 is 5.32 Å². The number of nitrogens with one attached hydrogen (secondary N) is 1. The summed E-state index contributed by atoms with van der Waals surface area (Å²) in [5.74, 6) is 0.00380. The maximum Gasteiger partial charge on any atom is 0.222 e. The zero-order chi connectivity index (χ0) is 12.2. The molecule has 0 aliphatic heterocycles. The lowest BCUT2D eigenvalue weighted by Crippen LogP contribution is -2.26. The maximum absolute atomic E-state index is 11.2. The Bertz CT molecular complexity index is 206. The number of ether oxygens (including phenoxy) is 2. The van der Waals surface area contributed by atoms with Gasteiger partial charge in [0.15, 0.2) is 0 Å². The third kappa shape index (κ3) is 11.1. The Labute approximate surface area is 96.5 Å². The van der Waals surface area contributed by atoms with Crippen molar-refractivity contribution in [3.63, 3.8) is 0 Å². The third-order valence-corrected chi connectivity index (χ3v) is 1.91. The number of Topliss-reactive ketones (excluding diaryl/α,β-unsaturated/α-hetero) is 1. The average Bonchev–Trinajstić information content (AvgIpc) is 2.22. The summed E-state index contributed by atoms with van der Waals surface area (Å²) in [5, 5.41) is 2.65. The lowest BCUT2D eigenvalue weighted by molar-refractivity contribution is -0.122. The van der Waals surface area contributed by atoms with Gasteiger partial charge in [-0.25, -0.2) is 0 Å². The molecule has 0 spiro atoms. The van der Waals surface area contributed by atoms with Crippen LogP contribution in [0, 0.1) is 0 Å². The number of ketones is 1. The molecule has 0 unspecified atom stereocenters. The number of carbonyl (C=O) groups is 2. The minimum absolute atomic E-state index is 0.0759. The van der Waals surface area contributed by atoms with Crippen molar-refractivity contribution >= 4 is 11.7 Å². The first-order valence-electron chi connectivity index (χ1n) is 5.49. The molecule has 5 nitrogen and oxygen atoms in total. The molecule has 1 amide bonds. The van der Waals surface area contributed by atoms with Crippen molar-refractivity contribution in [3.05, 3.63) is 0 Å². The fourth-order valence-corrected chi connectivity index (χ4v) is 1.04. The van der Waals surface area contributed by atoms with Gasteiger partial charge in [-0.2, -0.15) is 0 Å². The van der Waals surface area contributed by atoms with E-state index in [1.54, 1.807) is 7.11 Å². The topological polar surface area (TPSA) is 64.6 Å². The second-order valence-electron chi connectivity index (χ2n) is 3.51. The second-order valence-corrected chi connectivity index (χ2v) is 3.51. The van der Waals surface area contributed by atoms with Crippen LogP contribution >= 0.6 is 0 Å². The second kappa shape index (κ2) is 10.6. The first-order chi connectivity index (χ1) is 7.66. The molecule has 0 aliphatic rings. The summed E-state index contributed by atoms with van der Waals surface area (Å²) in [4.78, 5) is 21.8. The number of hydrogen-bond donors (Lipinski definition) is 1. The summed E-state index contributed by atoms with van der Waals surface area (Å²) in [6, 6.07) is 0. The van der Waals surface area contributed by atoms with Gasteiger partial charge in [-0.15, -0.1) is 0 Å². The minimum atomic E-state index is -0.0759. The molecule has 0 atom stereocenters. The standard InChI is InChI=1S/C11H21NO4/c1-10(13)4-6-12-11(14)5-9-16-8-3-7-15-2/h3-9H2,1-2H3,(H,12,14). The highest BCUT2D eigenvalue weighted by Crippen LogP contribution is 1.88. The average molecular weight is 231 g/mol. The predicted octanol–water partition coefficient (Wildman–Crippen LogP) is 0.525. The number of rotatable bonds is 10. The largest absolute Gasteiger partial charge is 0.385 e. The van der Waals surface area contributed by atoms with E-state index in [1.165, 1.54) is 6.92 Å². The molecule has 0 aromatic carbocycles. The number of methoxy groups -OCH3 is 1. The quantitative estimate of drug-likeness (QED) is 0.557. The molecule has 94 valence electrons. The number of hydrogen-bond acceptors (Lipinski definition) is 4. The van der Waals surface area contributed by atoms with E-state index in [0.717, 1.165) is 6.42 Å². The predicted molar refractivity (Wildman–Crippen MR) is 60.2 cm³/mol. The molecule has 5 heteroatoms. The van der Waals surface area contributed by atoms with Crippen molar-refractivity contribution < 1.29 is 19.1 Å². The van der Waals surface area contributed by atoms with E-state index in [-0.39, 0.29) is 11.7 Å². The summed E-state index contributed by atoms with van der Waals surface area (Å²) in [6.07, 6.45) is 1.56. The van der Waals surface area contributed by atoms with Crippen LogP contribution in [0.15, 0.2) is 0 Å². The van der Waals surface area contributed by atoms with Crippen LogP contribution in [0.3, 0.4) is 0 Å². The van der Waals surface area contributed by atoms with Crippen LogP contribution in [-0.4, -0.2) is 45.2 Å². The zero-order valence-electron chi connectivity index (χ0n) is 10.1. The SMILES string of the molecule is COCCCOCCC(=O)NCCC(C)=O. The Morgan fingerprint density at radius 1 is 1.12 bits per heavy atom. The molecule has 0 saturated heterocycles. The van der Waals surface area contributed by atoms with Crippen molar-refractivity contribution in [2.45, 2.75) is 26.2 Å². The van der Waals surface area contributed by atoms with Crippen molar-refractivity contribution in [2.75, 3.05) is 33.5 Å². The highest BCUT2D eigenvalue weighted by atomic mass is 16.5. The van der Waals surface area contributed by atoms with Gasteiger partial charge in [-0.1, -0.05) is 0 Å². The van der Waals surface area contributed by atoms with E-state index < -0.39 is 0 Å². The molecule has 0 radical (unpaired) electrons. The fraction of sp³-hybridized carbons (Fsp3) is 0.818. The molecular weight excluding hydrogens is 210 g/mol. The van der Waals surface area contributed by atoms with Crippen LogP contribution in [0.5, 0.6) is 0 Å². The van der Waals surface area contributed by atoms with Crippen molar-refractivity contribution in [2.24, 2.45) is 0 Å². The Morgan fingerprint density at radius 3 is 2.50 bits per heavy atom. The fourth-order valence-electron chi connectivity index (χ4n) is 1.04. The minimum Gasteiger partial charge on any atom is -0.385 e. The number of amides is 1. The lowest BCUT2D eigenvalue weighted by atomic mass is 10.3. The molecule has 0 fully saturated rings. The lowest BCUT2D eigenvalue weighted by Gasteiger charge is -2.05. The van der Waals surface area contributed by atoms with Gasteiger partial charge in [0.25, 0.3) is 0 Å². The van der Waals surface area contributed by atoms with Gasteiger partial charge in [-0.3, -0.25) is 9.59 Å². The molecule has 0 aromatic rings. The first-order valence-corrected chi connectivity index (χ1v) is 5.49. The van der Waals surface area contributed by atoms with Gasteiger partial charge in [0.2, 0.25) is 5.91 Å². The molecule has 0 aromatic heterocycles. The Hall–Kier alpha value is -0.940. The smallest absolute Gasteiger partial charge is 0.222 e. The van der Waals surface area contributed by atoms with Crippen LogP contribution in [0.25, 0.3) is 0 Å². The van der Waals surface area contributed by atoms with Gasteiger partial charge >= 0.3 is 0 Å². The van der Waals surface area contributed by atoms with Gasteiger partial charge in [0.05, 0.1) is 6.61 Å². The van der Waals surface area contributed by atoms with E-state index >= 15 is 0 Å². The molecule has 0 heterocycles. The molecule has 1 N–H and O–H groups in total. The van der Waals surface area contributed by atoms with Crippen LogP contribution in [-0.2, 0) is 19.1 Å². The number of carbonyl (C=O) groups excluding carboxylic acids is 2. The van der Waals surface area contributed by atoms with Gasteiger partial charge in [0, 0.05) is 39.7 Å². The molecule has 0 aliphatic carbocycles. The van der Waals surface area contributed by atoms with Gasteiger partial charge in [0.1, 0.15) is 5.78 Å². The van der Waals surface area contributed by atoms with Gasteiger partial charge in [-0.05, 0) is 13.3 Å². The highest BCUT2D eigenvalue weighted by molar-refractivity contribution is 5.78. The van der Waals surface area contributed by atoms with Crippen molar-refractivity contribution in [1.29, 1.82) is 0 Å². The van der Waals surface area contributed by atoms with E-state index in [1.807, 2.05) is 0 Å². The van der Waals surface area contributed by atoms with E-state index in [9.17, 15) is 9.59 Å². The van der Waals surface area contributed by atoms with Crippen LogP contribution in [0.1, 0.15) is 26.2 Å². The third-order valence-electron chi connectivity index (χ3n) is 1.91. The summed E-state index contributed by atoms with van der Waals surface area (Å²) in [7, 11) is 1.64. The molecule has 0 bridgehead atoms. The summed E-state index contributed by atoms with van der Waals surface area (Å²) in [5.41, 5.74) is 0. The van der Waals surface area contributed by atoms with E-state index in [4.69, 9.17) is 9.47 Å². The van der Waals surface area contributed by atoms with E-state index in [0.29, 0.717) is 39.2 Å². The normalized spacial score (nSPS) is 10.1. The summed E-state index contributed by atoms with van der Waals surface area (Å²) >= 11 is 0. The Balaban J connectivity index is 3.20. The summed E-state index contributed by atoms with van der Waals surface area (Å²) in [6.45, 7) is 3.61. The zero-order valence-corrected chi connectivity index (χ0v) is 10.1. The molecular formula is C11H21NO4. The van der Waals surface area contributed by atoms with Crippen molar-refractivity contribution in [3.8, 4) is 0 Å². The summed E-state index contributed by atoms with van der Waals surface area (Å²) < 4.78 is 10.1. The van der Waals surface area contributed by atoms with E-state index in [2.05, 4.69) is 5.32 Å². The maximum atomic E-state index is 11.2. The monoisotopic (exact) mass is 231 g/mol. The Kier molecular flexibility index (Phi) is 9.95. The first kappa shape index (κ1) is 15.1. The highest BCUT2D eigenvalue weighted by Gasteiger charge is 2.01. The van der Waals surface area contributed by atoms with Gasteiger partial charge < -0.3 is 14.8 Å². The molecule has 0 saturated carbocycles. The van der Waals surface area contributed by atoms with Crippen LogP contribution in [0.4, 0.5) is 0 Å². The Morgan fingerprint density at radius 2 is 1.88 bits per heavy atom. The van der Waals surface area contributed by atoms with Crippen LogP contribution in [0.2, 0.25) is 0 Å². The molecule has 16 heavy (non-hydrogen) atoms. The van der Waals surface area contributed by atoms with Crippen molar-refractivity contribution in [1.82, 2.24) is 5.32 Å².